The van der Waals surface area contributed by atoms with Crippen molar-refractivity contribution in [1.29, 1.82) is 0 Å². The highest BCUT2D eigenvalue weighted by Gasteiger charge is 2.36. The Morgan fingerprint density at radius 1 is 1.00 bits per heavy atom. The van der Waals surface area contributed by atoms with Crippen LogP contribution in [0.4, 0.5) is 17.6 Å². The van der Waals surface area contributed by atoms with Crippen molar-refractivity contribution in [1.82, 2.24) is 4.90 Å². The molecule has 2 aromatic carbocycles. The quantitative estimate of drug-likeness (QED) is 0.461. The average Bonchev–Trinajstić information content (AvgIpc) is 3.12. The largest absolute Gasteiger partial charge is 0.344 e. The minimum Gasteiger partial charge on any atom is -0.274 e. The lowest BCUT2D eigenvalue weighted by molar-refractivity contribution is -0.445. The van der Waals surface area contributed by atoms with Crippen LogP contribution in [0.25, 0.3) is 0 Å². The average molecular weight is 421 g/mol. The number of hydrogen-bond donors (Lipinski definition) is 1. The second-order valence-corrected chi connectivity index (χ2v) is 8.69. The molecule has 30 heavy (non-hydrogen) atoms. The van der Waals surface area contributed by atoms with Gasteiger partial charge in [0.2, 0.25) is 0 Å². The molecule has 1 aliphatic rings. The lowest BCUT2D eigenvalue weighted by Gasteiger charge is -2.22. The molecule has 1 amide bonds. The molecule has 0 aliphatic carbocycles. The van der Waals surface area contributed by atoms with Gasteiger partial charge in [-0.3, -0.25) is 4.99 Å². The van der Waals surface area contributed by atoms with E-state index in [2.05, 4.69) is 37.9 Å². The minimum absolute atomic E-state index is 0.0109. The Morgan fingerprint density at radius 3 is 2.17 bits per heavy atom. The summed E-state index contributed by atoms with van der Waals surface area (Å²) in [7, 11) is 0. The third kappa shape index (κ3) is 3.98. The summed E-state index contributed by atoms with van der Waals surface area (Å²) in [4.78, 5) is 17.2. The molecule has 0 spiro atoms. The summed E-state index contributed by atoms with van der Waals surface area (Å²) in [5.74, 6) is -7.61. The first-order valence-electron chi connectivity index (χ1n) is 9.77. The van der Waals surface area contributed by atoms with Gasteiger partial charge in [0, 0.05) is 0 Å². The maximum atomic E-state index is 14.1. The summed E-state index contributed by atoms with van der Waals surface area (Å²) < 4.78 is 54.6. The molecule has 160 valence electrons. The predicted molar refractivity (Wildman–Crippen MR) is 106 cm³/mol. The van der Waals surface area contributed by atoms with Gasteiger partial charge >= 0.3 is 5.91 Å². The van der Waals surface area contributed by atoms with Crippen molar-refractivity contribution >= 4 is 11.7 Å². The third-order valence-electron chi connectivity index (χ3n) is 5.47. The van der Waals surface area contributed by atoms with Gasteiger partial charge in [0.15, 0.2) is 23.3 Å². The zero-order valence-corrected chi connectivity index (χ0v) is 17.7. The SMILES string of the molecule is Cc1cc(C(C)(C)C)cc(C)c1CC1=[NH+]CCN1C(=O)c1cc(F)c(F)c(F)c1F. The molecule has 0 radical (unpaired) electrons. The number of carbonyl (C=O) groups excluding carboxylic acids is 1. The van der Waals surface area contributed by atoms with E-state index in [-0.39, 0.29) is 12.0 Å². The van der Waals surface area contributed by atoms with Gasteiger partial charge in [-0.2, -0.15) is 4.90 Å². The van der Waals surface area contributed by atoms with Gasteiger partial charge in [0.05, 0.1) is 6.42 Å². The number of hydrogen-bond acceptors (Lipinski definition) is 1. The number of carbonyl (C=O) groups is 1. The van der Waals surface area contributed by atoms with Crippen LogP contribution < -0.4 is 4.99 Å². The number of nitrogens with zero attached hydrogens (tertiary/aromatic N) is 1. The van der Waals surface area contributed by atoms with Gasteiger partial charge in [-0.25, -0.2) is 22.4 Å². The molecule has 0 saturated heterocycles. The molecular formula is C23H25F4N2O+. The summed E-state index contributed by atoms with van der Waals surface area (Å²) in [6.07, 6.45) is 0.377. The van der Waals surface area contributed by atoms with Crippen LogP contribution in [0.2, 0.25) is 0 Å². The zero-order chi connectivity index (χ0) is 22.4. The number of benzene rings is 2. The predicted octanol–water partition coefficient (Wildman–Crippen LogP) is 3.33. The van der Waals surface area contributed by atoms with Crippen molar-refractivity contribution in [2.45, 2.75) is 46.5 Å². The van der Waals surface area contributed by atoms with Crippen molar-refractivity contribution in [3.63, 3.8) is 0 Å². The molecule has 0 aromatic heterocycles. The van der Waals surface area contributed by atoms with Gasteiger partial charge in [-0.15, -0.1) is 0 Å². The second kappa shape index (κ2) is 7.85. The monoisotopic (exact) mass is 421 g/mol. The van der Waals surface area contributed by atoms with E-state index in [1.165, 1.54) is 10.5 Å². The van der Waals surface area contributed by atoms with E-state index in [9.17, 15) is 22.4 Å². The lowest BCUT2D eigenvalue weighted by atomic mass is 9.83. The molecule has 1 aliphatic heterocycles. The Hall–Kier alpha value is -2.70. The number of aryl methyl sites for hydroxylation is 2. The van der Waals surface area contributed by atoms with Gasteiger partial charge < -0.3 is 0 Å². The Labute approximate surface area is 173 Å². The van der Waals surface area contributed by atoms with E-state index in [1.807, 2.05) is 13.8 Å². The first-order chi connectivity index (χ1) is 13.9. The van der Waals surface area contributed by atoms with Crippen LogP contribution in [0.1, 0.15) is 53.4 Å². The van der Waals surface area contributed by atoms with Crippen molar-refractivity contribution in [3.8, 4) is 0 Å². The normalized spacial score (nSPS) is 14.3. The van der Waals surface area contributed by atoms with Gasteiger partial charge in [-0.05, 0) is 47.6 Å². The fraction of sp³-hybridized carbons (Fsp3) is 0.391. The Morgan fingerprint density at radius 2 is 1.60 bits per heavy atom. The first kappa shape index (κ1) is 22.0. The molecule has 1 heterocycles. The molecule has 0 atom stereocenters. The molecule has 3 rings (SSSR count). The molecule has 3 nitrogen and oxygen atoms in total. The third-order valence-corrected chi connectivity index (χ3v) is 5.47. The van der Waals surface area contributed by atoms with Crippen LogP contribution in [0, 0.1) is 37.1 Å². The highest BCUT2D eigenvalue weighted by atomic mass is 19.2. The molecular weight excluding hydrogens is 396 g/mol. The van der Waals surface area contributed by atoms with Crippen LogP contribution in [-0.4, -0.2) is 29.7 Å². The fourth-order valence-corrected chi connectivity index (χ4v) is 3.67. The van der Waals surface area contributed by atoms with E-state index >= 15 is 0 Å². The van der Waals surface area contributed by atoms with Crippen LogP contribution in [0.15, 0.2) is 18.2 Å². The molecule has 2 aromatic rings. The Bertz CT molecular complexity index is 1030. The van der Waals surface area contributed by atoms with Crippen molar-refractivity contribution in [3.05, 3.63) is 69.3 Å². The maximum Gasteiger partial charge on any atom is 0.344 e. The molecule has 0 unspecified atom stereocenters. The molecule has 0 fully saturated rings. The molecule has 1 N–H and O–H groups in total. The summed E-state index contributed by atoms with van der Waals surface area (Å²) in [6.45, 7) is 11.0. The highest BCUT2D eigenvalue weighted by molar-refractivity contribution is 6.06. The van der Waals surface area contributed by atoms with E-state index in [0.717, 1.165) is 16.7 Å². The van der Waals surface area contributed by atoms with E-state index < -0.39 is 34.7 Å². The Kier molecular flexibility index (Phi) is 5.76. The van der Waals surface area contributed by atoms with E-state index in [1.54, 1.807) is 0 Å². The first-order valence-corrected chi connectivity index (χ1v) is 9.77. The molecule has 0 saturated carbocycles. The van der Waals surface area contributed by atoms with Crippen molar-refractivity contribution < 1.29 is 27.3 Å². The zero-order valence-electron chi connectivity index (χ0n) is 17.7. The Balaban J connectivity index is 1.92. The van der Waals surface area contributed by atoms with E-state index in [0.29, 0.717) is 24.9 Å². The summed E-state index contributed by atoms with van der Waals surface area (Å²) in [5.41, 5.74) is 3.48. The highest BCUT2D eigenvalue weighted by Crippen LogP contribution is 2.28. The second-order valence-electron chi connectivity index (χ2n) is 8.69. The number of amides is 1. The van der Waals surface area contributed by atoms with Crippen molar-refractivity contribution in [2.75, 3.05) is 13.1 Å². The molecule has 7 heteroatoms. The lowest BCUT2D eigenvalue weighted by Crippen LogP contribution is -2.71. The van der Waals surface area contributed by atoms with Gasteiger partial charge in [0.25, 0.3) is 5.84 Å². The minimum atomic E-state index is -1.99. The summed E-state index contributed by atoms with van der Waals surface area (Å²) in [5, 5.41) is 0. The van der Waals surface area contributed by atoms with Gasteiger partial charge in [-0.1, -0.05) is 32.9 Å². The van der Waals surface area contributed by atoms with Crippen molar-refractivity contribution in [2.24, 2.45) is 0 Å². The summed E-state index contributed by atoms with van der Waals surface area (Å²) in [6, 6.07) is 4.61. The standard InChI is InChI=1S/C23H24F4N2O/c1-12-8-14(23(3,4)5)9-13(2)15(12)11-18-28-6-7-29(18)22(30)16-10-17(24)20(26)21(27)19(16)25/h8-10H,6-7,11H2,1-5H3/p+1. The number of halogens is 4. The maximum absolute atomic E-state index is 14.1. The van der Waals surface area contributed by atoms with Crippen LogP contribution in [0.3, 0.4) is 0 Å². The van der Waals surface area contributed by atoms with Crippen LogP contribution in [-0.2, 0) is 11.8 Å². The number of amidine groups is 1. The van der Waals surface area contributed by atoms with Crippen LogP contribution >= 0.6 is 0 Å². The molecule has 0 bridgehead atoms. The number of nitrogens with one attached hydrogen (secondary N) is 1. The smallest absolute Gasteiger partial charge is 0.274 e. The topological polar surface area (TPSA) is 34.3 Å². The summed E-state index contributed by atoms with van der Waals surface area (Å²) >= 11 is 0. The van der Waals surface area contributed by atoms with Crippen LogP contribution in [0.5, 0.6) is 0 Å². The number of rotatable bonds is 3. The van der Waals surface area contributed by atoms with E-state index in [4.69, 9.17) is 0 Å². The fourth-order valence-electron chi connectivity index (χ4n) is 3.67. The van der Waals surface area contributed by atoms with Gasteiger partial charge in [0.1, 0.15) is 18.7 Å².